The van der Waals surface area contributed by atoms with Gasteiger partial charge >= 0.3 is 6.03 Å². The van der Waals surface area contributed by atoms with E-state index in [1.807, 2.05) is 0 Å². The summed E-state index contributed by atoms with van der Waals surface area (Å²) >= 11 is 5.83. The van der Waals surface area contributed by atoms with E-state index in [2.05, 4.69) is 10.6 Å². The smallest absolute Gasteiger partial charge is 0.319 e. The van der Waals surface area contributed by atoms with E-state index in [9.17, 15) is 17.6 Å². The molecule has 30 heavy (non-hydrogen) atoms. The molecule has 0 spiro atoms. The summed E-state index contributed by atoms with van der Waals surface area (Å²) in [4.78, 5) is 12.2. The second kappa shape index (κ2) is 9.76. The minimum absolute atomic E-state index is 0.129. The van der Waals surface area contributed by atoms with Crippen LogP contribution in [0.2, 0.25) is 5.02 Å². The van der Waals surface area contributed by atoms with Crippen LogP contribution in [0.5, 0.6) is 0 Å². The molecule has 1 atom stereocenters. The molecule has 1 aliphatic heterocycles. The van der Waals surface area contributed by atoms with Crippen LogP contribution >= 0.6 is 11.6 Å². The van der Waals surface area contributed by atoms with Gasteiger partial charge < -0.3 is 10.6 Å². The SMILES string of the molecule is Cc1cc(F)ccc1S(=O)(=O)N1CCCC[C@H]1CCNC(=O)Nc1ccc(Cl)cc1. The highest BCUT2D eigenvalue weighted by Gasteiger charge is 2.34. The normalized spacial score (nSPS) is 17.5. The Morgan fingerprint density at radius 3 is 2.63 bits per heavy atom. The minimum Gasteiger partial charge on any atom is -0.338 e. The van der Waals surface area contributed by atoms with Crippen molar-refractivity contribution in [1.29, 1.82) is 0 Å². The maximum Gasteiger partial charge on any atom is 0.319 e. The number of benzene rings is 2. The van der Waals surface area contributed by atoms with Gasteiger partial charge in [0, 0.05) is 29.8 Å². The van der Waals surface area contributed by atoms with Gasteiger partial charge in [-0.3, -0.25) is 0 Å². The molecular formula is C21H25ClFN3O3S. The maximum atomic E-state index is 13.4. The Labute approximate surface area is 181 Å². The summed E-state index contributed by atoms with van der Waals surface area (Å²) in [5, 5.41) is 6.06. The zero-order valence-electron chi connectivity index (χ0n) is 16.7. The molecule has 2 amide bonds. The van der Waals surface area contributed by atoms with Crippen LogP contribution in [0.15, 0.2) is 47.4 Å². The molecule has 3 rings (SSSR count). The van der Waals surface area contributed by atoms with Gasteiger partial charge in [0.15, 0.2) is 0 Å². The number of rotatable bonds is 6. The molecule has 0 unspecified atom stereocenters. The number of hydrogen-bond acceptors (Lipinski definition) is 3. The maximum absolute atomic E-state index is 13.4. The molecule has 0 saturated carbocycles. The summed E-state index contributed by atoms with van der Waals surface area (Å²) in [6.07, 6.45) is 2.92. The lowest BCUT2D eigenvalue weighted by Crippen LogP contribution is -2.45. The quantitative estimate of drug-likeness (QED) is 0.673. The number of anilines is 1. The molecule has 6 nitrogen and oxygen atoms in total. The molecule has 1 aliphatic rings. The Kier molecular flexibility index (Phi) is 7.33. The van der Waals surface area contributed by atoms with Gasteiger partial charge in [-0.2, -0.15) is 4.31 Å². The Balaban J connectivity index is 1.61. The van der Waals surface area contributed by atoms with E-state index in [1.54, 1.807) is 31.2 Å². The molecule has 2 aromatic carbocycles. The fraction of sp³-hybridized carbons (Fsp3) is 0.381. The highest BCUT2D eigenvalue weighted by Crippen LogP contribution is 2.28. The van der Waals surface area contributed by atoms with Gasteiger partial charge in [0.2, 0.25) is 10.0 Å². The predicted molar refractivity (Wildman–Crippen MR) is 116 cm³/mol. The number of carbonyl (C=O) groups is 1. The summed E-state index contributed by atoms with van der Waals surface area (Å²) in [6, 6.07) is 9.89. The number of hydrogen-bond donors (Lipinski definition) is 2. The van der Waals surface area contributed by atoms with Gasteiger partial charge in [0.1, 0.15) is 5.82 Å². The predicted octanol–water partition coefficient (Wildman–Crippen LogP) is 4.54. The van der Waals surface area contributed by atoms with Crippen molar-refractivity contribution in [2.45, 2.75) is 43.5 Å². The molecule has 0 aromatic heterocycles. The summed E-state index contributed by atoms with van der Waals surface area (Å²) in [6.45, 7) is 2.34. The zero-order chi connectivity index (χ0) is 21.7. The van der Waals surface area contributed by atoms with E-state index >= 15 is 0 Å². The molecule has 0 aliphatic carbocycles. The largest absolute Gasteiger partial charge is 0.338 e. The van der Waals surface area contributed by atoms with Gasteiger partial charge in [-0.1, -0.05) is 18.0 Å². The van der Waals surface area contributed by atoms with Crippen molar-refractivity contribution in [3.63, 3.8) is 0 Å². The van der Waals surface area contributed by atoms with Crippen molar-refractivity contribution in [2.24, 2.45) is 0 Å². The number of amides is 2. The van der Waals surface area contributed by atoms with E-state index in [1.165, 1.54) is 22.5 Å². The van der Waals surface area contributed by atoms with E-state index in [4.69, 9.17) is 11.6 Å². The van der Waals surface area contributed by atoms with Crippen LogP contribution < -0.4 is 10.6 Å². The number of aryl methyl sites for hydroxylation is 1. The first-order valence-corrected chi connectivity index (χ1v) is 11.7. The van der Waals surface area contributed by atoms with Crippen LogP contribution in [0.25, 0.3) is 0 Å². The average molecular weight is 454 g/mol. The molecular weight excluding hydrogens is 429 g/mol. The van der Waals surface area contributed by atoms with Crippen LogP contribution in [-0.4, -0.2) is 37.9 Å². The number of halogens is 2. The Bertz CT molecular complexity index is 999. The van der Waals surface area contributed by atoms with Crippen molar-refractivity contribution in [1.82, 2.24) is 9.62 Å². The van der Waals surface area contributed by atoms with Crippen LogP contribution in [0.1, 0.15) is 31.2 Å². The van der Waals surface area contributed by atoms with Crippen molar-refractivity contribution in [3.8, 4) is 0 Å². The minimum atomic E-state index is -3.74. The third kappa shape index (κ3) is 5.50. The van der Waals surface area contributed by atoms with E-state index in [0.717, 1.165) is 19.3 Å². The first-order valence-electron chi connectivity index (χ1n) is 9.86. The highest BCUT2D eigenvalue weighted by molar-refractivity contribution is 7.89. The van der Waals surface area contributed by atoms with E-state index in [-0.39, 0.29) is 17.0 Å². The fourth-order valence-corrected chi connectivity index (χ4v) is 5.73. The van der Waals surface area contributed by atoms with E-state index in [0.29, 0.717) is 35.8 Å². The average Bonchev–Trinajstić information content (AvgIpc) is 2.70. The molecule has 9 heteroatoms. The number of nitrogens with one attached hydrogen (secondary N) is 2. The lowest BCUT2D eigenvalue weighted by molar-refractivity contribution is 0.234. The summed E-state index contributed by atoms with van der Waals surface area (Å²) in [5.74, 6) is -0.461. The first-order chi connectivity index (χ1) is 14.3. The highest BCUT2D eigenvalue weighted by atomic mass is 35.5. The fourth-order valence-electron chi connectivity index (χ4n) is 3.67. The Morgan fingerprint density at radius 2 is 1.93 bits per heavy atom. The Morgan fingerprint density at radius 1 is 1.20 bits per heavy atom. The van der Waals surface area contributed by atoms with Crippen LogP contribution in [-0.2, 0) is 10.0 Å². The molecule has 162 valence electrons. The Hall–Kier alpha value is -2.16. The monoisotopic (exact) mass is 453 g/mol. The van der Waals surface area contributed by atoms with Crippen molar-refractivity contribution < 1.29 is 17.6 Å². The molecule has 1 saturated heterocycles. The molecule has 0 bridgehead atoms. The lowest BCUT2D eigenvalue weighted by atomic mass is 10.0. The number of urea groups is 1. The first kappa shape index (κ1) is 22.5. The van der Waals surface area contributed by atoms with E-state index < -0.39 is 15.8 Å². The topological polar surface area (TPSA) is 78.5 Å². The molecule has 1 fully saturated rings. The van der Waals surface area contributed by atoms with Crippen molar-refractivity contribution in [2.75, 3.05) is 18.4 Å². The van der Waals surface area contributed by atoms with Gasteiger partial charge in [-0.25, -0.2) is 17.6 Å². The molecule has 2 aromatic rings. The second-order valence-corrected chi connectivity index (χ2v) is 9.65. The van der Waals surface area contributed by atoms with Crippen LogP contribution in [0.3, 0.4) is 0 Å². The van der Waals surface area contributed by atoms with Crippen molar-refractivity contribution in [3.05, 3.63) is 58.9 Å². The molecule has 0 radical (unpaired) electrons. The standard InChI is InChI=1S/C21H25ClFN3O3S/c1-15-14-17(23)7-10-20(15)30(28,29)26-13-3-2-4-19(26)11-12-24-21(27)25-18-8-5-16(22)6-9-18/h5-10,14,19H,2-4,11-13H2,1H3,(H2,24,25,27)/t19-/m0/s1. The van der Waals surface area contributed by atoms with Gasteiger partial charge in [0.05, 0.1) is 4.90 Å². The van der Waals surface area contributed by atoms with Gasteiger partial charge in [0.25, 0.3) is 0 Å². The molecule has 2 N–H and O–H groups in total. The zero-order valence-corrected chi connectivity index (χ0v) is 18.3. The number of piperidine rings is 1. The number of nitrogens with zero attached hydrogens (tertiary/aromatic N) is 1. The second-order valence-electron chi connectivity index (χ2n) is 7.35. The lowest BCUT2D eigenvalue weighted by Gasteiger charge is -2.35. The third-order valence-electron chi connectivity index (χ3n) is 5.16. The summed E-state index contributed by atoms with van der Waals surface area (Å²) in [5.41, 5.74) is 1.00. The molecule has 1 heterocycles. The third-order valence-corrected chi connectivity index (χ3v) is 7.53. The van der Waals surface area contributed by atoms with Gasteiger partial charge in [-0.15, -0.1) is 0 Å². The summed E-state index contributed by atoms with van der Waals surface area (Å²) in [7, 11) is -3.74. The number of carbonyl (C=O) groups excluding carboxylic acids is 1. The van der Waals surface area contributed by atoms with Crippen LogP contribution in [0, 0.1) is 12.7 Å². The van der Waals surface area contributed by atoms with Gasteiger partial charge in [-0.05, 0) is 74.2 Å². The summed E-state index contributed by atoms with van der Waals surface area (Å²) < 4.78 is 41.3. The number of sulfonamides is 1. The van der Waals surface area contributed by atoms with Crippen LogP contribution in [0.4, 0.5) is 14.9 Å². The van der Waals surface area contributed by atoms with Crippen molar-refractivity contribution >= 4 is 33.3 Å².